The molecule has 0 spiro atoms. The monoisotopic (exact) mass is 517 g/mol. The Morgan fingerprint density at radius 3 is 2.53 bits per heavy atom. The summed E-state index contributed by atoms with van der Waals surface area (Å²) >= 11 is 0. The number of carbonyl (C=O) groups is 2. The summed E-state index contributed by atoms with van der Waals surface area (Å²) in [5.74, 6) is 0.0921. The fraction of sp³-hybridized carbons (Fsp3) is 0.481. The summed E-state index contributed by atoms with van der Waals surface area (Å²) in [6.45, 7) is 7.51. The highest BCUT2D eigenvalue weighted by molar-refractivity contribution is 7.92. The number of esters is 2. The summed E-state index contributed by atoms with van der Waals surface area (Å²) in [5.41, 5.74) is 0.840. The van der Waals surface area contributed by atoms with Crippen molar-refractivity contribution in [1.29, 1.82) is 0 Å². The van der Waals surface area contributed by atoms with E-state index >= 15 is 0 Å². The molecule has 1 saturated carbocycles. The highest BCUT2D eigenvalue weighted by atomic mass is 32.2. The predicted molar refractivity (Wildman–Crippen MR) is 136 cm³/mol. The van der Waals surface area contributed by atoms with Crippen LogP contribution < -0.4 is 9.46 Å². The largest absolute Gasteiger partial charge is 0.495 e. The average Bonchev–Trinajstić information content (AvgIpc) is 2.82. The second kappa shape index (κ2) is 11.8. The Labute approximate surface area is 213 Å². The normalized spacial score (nSPS) is 20.0. The minimum atomic E-state index is -4.02. The van der Waals surface area contributed by atoms with E-state index in [0.29, 0.717) is 23.1 Å². The predicted octanol–water partition coefficient (Wildman–Crippen LogP) is 4.97. The maximum absolute atomic E-state index is 13.0. The number of benzene rings is 2. The molecule has 3 rings (SSSR count). The fourth-order valence-electron chi connectivity index (χ4n) is 4.58. The lowest BCUT2D eigenvalue weighted by Gasteiger charge is -2.36. The van der Waals surface area contributed by atoms with Gasteiger partial charge >= 0.3 is 11.9 Å². The fourth-order valence-corrected chi connectivity index (χ4v) is 5.67. The van der Waals surface area contributed by atoms with Crippen LogP contribution in [0.2, 0.25) is 0 Å². The Morgan fingerprint density at radius 1 is 1.11 bits per heavy atom. The molecule has 0 bridgehead atoms. The van der Waals surface area contributed by atoms with Crippen molar-refractivity contribution in [2.45, 2.75) is 58.0 Å². The first-order chi connectivity index (χ1) is 17.0. The van der Waals surface area contributed by atoms with Crippen LogP contribution in [0.4, 0.5) is 5.69 Å². The van der Waals surface area contributed by atoms with Crippen LogP contribution in [0.5, 0.6) is 5.75 Å². The zero-order valence-corrected chi connectivity index (χ0v) is 22.3. The Bertz CT molecular complexity index is 1190. The van der Waals surface area contributed by atoms with Gasteiger partial charge in [-0.1, -0.05) is 45.4 Å². The van der Waals surface area contributed by atoms with Crippen molar-refractivity contribution in [2.24, 2.45) is 17.8 Å². The van der Waals surface area contributed by atoms with Crippen LogP contribution in [0.25, 0.3) is 0 Å². The minimum absolute atomic E-state index is 0.0528. The number of hydrogen-bond acceptors (Lipinski definition) is 7. The van der Waals surface area contributed by atoms with Crippen LogP contribution in [0.15, 0.2) is 47.4 Å². The lowest BCUT2D eigenvalue weighted by molar-refractivity contribution is -0.159. The molecule has 0 amide bonds. The van der Waals surface area contributed by atoms with Crippen molar-refractivity contribution in [1.82, 2.24) is 0 Å². The van der Waals surface area contributed by atoms with Crippen molar-refractivity contribution < 1.29 is 32.2 Å². The number of aryl methyl sites for hydroxylation is 1. The molecular weight excluding hydrogens is 482 g/mol. The van der Waals surface area contributed by atoms with Gasteiger partial charge in [0.05, 0.1) is 23.3 Å². The van der Waals surface area contributed by atoms with E-state index in [9.17, 15) is 18.0 Å². The molecule has 0 aliphatic heterocycles. The van der Waals surface area contributed by atoms with Gasteiger partial charge in [0.1, 0.15) is 11.9 Å². The summed E-state index contributed by atoms with van der Waals surface area (Å²) in [4.78, 5) is 25.1. The summed E-state index contributed by atoms with van der Waals surface area (Å²) in [6.07, 6.45) is 2.70. The molecule has 0 unspecified atom stereocenters. The Morgan fingerprint density at radius 2 is 1.83 bits per heavy atom. The average molecular weight is 518 g/mol. The zero-order chi connectivity index (χ0) is 26.5. The molecule has 8 nitrogen and oxygen atoms in total. The van der Waals surface area contributed by atoms with E-state index < -0.39 is 28.6 Å². The first-order valence-electron chi connectivity index (χ1n) is 12.1. The van der Waals surface area contributed by atoms with Gasteiger partial charge in [0.25, 0.3) is 10.0 Å². The van der Waals surface area contributed by atoms with Crippen LogP contribution in [0.1, 0.15) is 56.0 Å². The molecule has 36 heavy (non-hydrogen) atoms. The van der Waals surface area contributed by atoms with Crippen LogP contribution in [0, 0.1) is 24.7 Å². The van der Waals surface area contributed by atoms with Gasteiger partial charge in [-0.05, 0) is 67.3 Å². The van der Waals surface area contributed by atoms with Crippen molar-refractivity contribution in [3.63, 3.8) is 0 Å². The summed E-state index contributed by atoms with van der Waals surface area (Å²) in [6, 6.07) is 10.7. The van der Waals surface area contributed by atoms with Crippen LogP contribution in [-0.4, -0.2) is 40.2 Å². The molecule has 0 radical (unpaired) electrons. The van der Waals surface area contributed by atoms with Crippen molar-refractivity contribution in [3.8, 4) is 5.75 Å². The summed E-state index contributed by atoms with van der Waals surface area (Å²) in [7, 11) is -2.58. The first kappa shape index (κ1) is 27.5. The molecular formula is C27H35NO7S. The molecule has 2 aromatic carbocycles. The number of ether oxygens (including phenoxy) is 3. The van der Waals surface area contributed by atoms with Gasteiger partial charge in [-0.15, -0.1) is 0 Å². The van der Waals surface area contributed by atoms with Crippen LogP contribution in [0.3, 0.4) is 0 Å². The van der Waals surface area contributed by atoms with Gasteiger partial charge in [-0.2, -0.15) is 0 Å². The number of hydrogen-bond donors (Lipinski definition) is 1. The highest BCUT2D eigenvalue weighted by Crippen LogP contribution is 2.35. The van der Waals surface area contributed by atoms with E-state index in [1.54, 1.807) is 31.2 Å². The number of methoxy groups -OCH3 is 1. The molecule has 2 aromatic rings. The lowest BCUT2D eigenvalue weighted by atomic mass is 9.75. The quantitative estimate of drug-likeness (QED) is 0.468. The Kier molecular flexibility index (Phi) is 9.00. The van der Waals surface area contributed by atoms with E-state index in [0.717, 1.165) is 19.3 Å². The summed E-state index contributed by atoms with van der Waals surface area (Å²) in [5, 5.41) is 0. The van der Waals surface area contributed by atoms with E-state index in [1.165, 1.54) is 25.3 Å². The zero-order valence-electron chi connectivity index (χ0n) is 21.4. The van der Waals surface area contributed by atoms with Crippen LogP contribution >= 0.6 is 0 Å². The second-order valence-electron chi connectivity index (χ2n) is 9.71. The van der Waals surface area contributed by atoms with Crippen molar-refractivity contribution in [3.05, 3.63) is 53.6 Å². The minimum Gasteiger partial charge on any atom is -0.495 e. The number of sulfonamides is 1. The van der Waals surface area contributed by atoms with Crippen molar-refractivity contribution >= 4 is 27.6 Å². The third-order valence-electron chi connectivity index (χ3n) is 6.66. The number of anilines is 1. The van der Waals surface area contributed by atoms with Gasteiger partial charge in [0, 0.05) is 0 Å². The maximum atomic E-state index is 13.0. The molecule has 9 heteroatoms. The van der Waals surface area contributed by atoms with Gasteiger partial charge in [-0.25, -0.2) is 18.0 Å². The van der Waals surface area contributed by atoms with Gasteiger partial charge in [0.2, 0.25) is 0 Å². The standard InChI is InChI=1S/C27H35NO7S/c1-17(2)21-13-10-18(3)14-25(21)35-26(29)16-34-27(30)22-15-20(12-11-19(22)4)36(31,32)28-23-8-6-7-9-24(23)33-5/h6-9,11-12,15,17-18,21,25,28H,10,13-14,16H2,1-5H3/t18-,21+,25+/m0/s1. The number of rotatable bonds is 9. The molecule has 0 heterocycles. The molecule has 1 aliphatic rings. The summed E-state index contributed by atoms with van der Waals surface area (Å²) < 4.78 is 44.5. The first-order valence-corrected chi connectivity index (χ1v) is 13.6. The van der Waals surface area contributed by atoms with Gasteiger partial charge < -0.3 is 14.2 Å². The number of nitrogens with one attached hydrogen (secondary N) is 1. The highest BCUT2D eigenvalue weighted by Gasteiger charge is 2.33. The molecule has 0 aromatic heterocycles. The molecule has 1 fully saturated rings. The second-order valence-corrected chi connectivity index (χ2v) is 11.4. The van der Waals surface area contributed by atoms with Crippen LogP contribution in [-0.2, 0) is 24.3 Å². The molecule has 3 atom stereocenters. The topological polar surface area (TPSA) is 108 Å². The van der Waals surface area contributed by atoms with E-state index in [-0.39, 0.29) is 28.2 Å². The molecule has 0 saturated heterocycles. The molecule has 1 N–H and O–H groups in total. The van der Waals surface area contributed by atoms with E-state index in [1.807, 2.05) is 0 Å². The van der Waals surface area contributed by atoms with Gasteiger partial charge in [-0.3, -0.25) is 4.72 Å². The van der Waals surface area contributed by atoms with E-state index in [2.05, 4.69) is 25.5 Å². The molecule has 1 aliphatic carbocycles. The maximum Gasteiger partial charge on any atom is 0.344 e. The van der Waals surface area contributed by atoms with Crippen molar-refractivity contribution in [2.75, 3.05) is 18.4 Å². The Balaban J connectivity index is 1.68. The van der Waals surface area contributed by atoms with Gasteiger partial charge in [0.15, 0.2) is 6.61 Å². The lowest BCUT2D eigenvalue weighted by Crippen LogP contribution is -2.36. The Hall–Kier alpha value is -3.07. The SMILES string of the molecule is COc1ccccc1NS(=O)(=O)c1ccc(C)c(C(=O)OCC(=O)O[C@@H]2C[C@@H](C)CC[C@@H]2C(C)C)c1. The number of carbonyl (C=O) groups excluding carboxylic acids is 2. The smallest absolute Gasteiger partial charge is 0.344 e. The van der Waals surface area contributed by atoms with E-state index in [4.69, 9.17) is 14.2 Å². The third-order valence-corrected chi connectivity index (χ3v) is 8.02. The molecule has 196 valence electrons. The number of para-hydroxylation sites is 2. The third kappa shape index (κ3) is 6.78.